The van der Waals surface area contributed by atoms with E-state index in [1.807, 2.05) is 24.3 Å². The summed E-state index contributed by atoms with van der Waals surface area (Å²) in [6.07, 6.45) is 3.82. The van der Waals surface area contributed by atoms with Crippen LogP contribution < -0.4 is 10.5 Å². The quantitative estimate of drug-likeness (QED) is 0.235. The van der Waals surface area contributed by atoms with Crippen LogP contribution in [0, 0.1) is 11.9 Å². The van der Waals surface area contributed by atoms with Crippen LogP contribution in [0.1, 0.15) is 34.3 Å². The summed E-state index contributed by atoms with van der Waals surface area (Å²) in [4.78, 5) is 21.2. The number of halogens is 3. The van der Waals surface area contributed by atoms with Gasteiger partial charge in [0.15, 0.2) is 11.7 Å². The standard InChI is InChI=1S/C22H22BrF2N5O2S/c23-16-3-1-2-13(4-16)9-30-10-15(7-20(30)25)21(31)17-8-27-12-28-22(17)29-19-6-14(5-18(19)24)11-32-33-26/h1-4,7-8,10,12,14,18-19H,5-6,9,11,26H2,(H,27,28,29). The summed E-state index contributed by atoms with van der Waals surface area (Å²) in [5.74, 6) is -0.754. The monoisotopic (exact) mass is 537 g/mol. The Kier molecular flexibility index (Phi) is 7.74. The molecule has 0 radical (unpaired) electrons. The number of nitrogens with one attached hydrogen (secondary N) is 1. The molecule has 0 aliphatic heterocycles. The average molecular weight is 538 g/mol. The fourth-order valence-electron chi connectivity index (χ4n) is 4.00. The molecule has 1 aliphatic rings. The number of aromatic nitrogens is 3. The Morgan fingerprint density at radius 2 is 2.21 bits per heavy atom. The number of hydrogen-bond donors (Lipinski definition) is 2. The number of carbonyl (C=O) groups is 1. The molecular formula is C22H22BrF2N5O2S. The van der Waals surface area contributed by atoms with Crippen LogP contribution in [0.5, 0.6) is 0 Å². The van der Waals surface area contributed by atoms with Crippen molar-refractivity contribution in [3.05, 3.63) is 76.2 Å². The molecule has 0 saturated heterocycles. The molecule has 11 heteroatoms. The molecule has 2 aromatic heterocycles. The molecule has 0 amide bonds. The second-order valence-electron chi connectivity index (χ2n) is 7.91. The number of anilines is 1. The van der Waals surface area contributed by atoms with Crippen LogP contribution in [-0.2, 0) is 10.7 Å². The third kappa shape index (κ3) is 5.78. The molecule has 3 N–H and O–H groups in total. The predicted molar refractivity (Wildman–Crippen MR) is 126 cm³/mol. The van der Waals surface area contributed by atoms with E-state index in [-0.39, 0.29) is 29.4 Å². The van der Waals surface area contributed by atoms with Crippen molar-refractivity contribution in [1.29, 1.82) is 0 Å². The molecule has 3 aromatic rings. The van der Waals surface area contributed by atoms with Gasteiger partial charge in [-0.1, -0.05) is 28.1 Å². The number of nitrogens with zero attached hydrogens (tertiary/aromatic N) is 3. The number of alkyl halides is 1. The SMILES string of the molecule is NSOCC1CC(F)C(Nc2ncncc2C(=O)c2cc(F)n(Cc3cccc(Br)c3)c2)C1. The van der Waals surface area contributed by atoms with Crippen molar-refractivity contribution < 1.29 is 17.8 Å². The number of carbonyl (C=O) groups excluding carboxylic acids is 1. The van der Waals surface area contributed by atoms with Gasteiger partial charge in [0.25, 0.3) is 0 Å². The van der Waals surface area contributed by atoms with Crippen molar-refractivity contribution in [1.82, 2.24) is 14.5 Å². The molecule has 4 rings (SSSR count). The van der Waals surface area contributed by atoms with E-state index >= 15 is 0 Å². The maximum atomic E-state index is 14.6. The van der Waals surface area contributed by atoms with Crippen molar-refractivity contribution >= 4 is 39.8 Å². The molecule has 1 aliphatic carbocycles. The summed E-state index contributed by atoms with van der Waals surface area (Å²) in [5, 5.41) is 8.31. The van der Waals surface area contributed by atoms with Crippen molar-refractivity contribution in [2.75, 3.05) is 11.9 Å². The third-order valence-corrected chi connectivity index (χ3v) is 6.35. The molecule has 174 valence electrons. The predicted octanol–water partition coefficient (Wildman–Crippen LogP) is 4.53. The number of nitrogens with two attached hydrogens (primary N) is 1. The number of rotatable bonds is 9. The van der Waals surface area contributed by atoms with Crippen molar-refractivity contribution in [3.63, 3.8) is 0 Å². The smallest absolute Gasteiger partial charge is 0.199 e. The largest absolute Gasteiger partial charge is 0.364 e. The summed E-state index contributed by atoms with van der Waals surface area (Å²) in [5.41, 5.74) is 1.20. The molecule has 2 heterocycles. The Hall–Kier alpha value is -2.34. The van der Waals surface area contributed by atoms with E-state index in [1.54, 1.807) is 0 Å². The topological polar surface area (TPSA) is 95.1 Å². The number of ketones is 1. The van der Waals surface area contributed by atoms with E-state index in [9.17, 15) is 13.6 Å². The molecule has 1 fully saturated rings. The Morgan fingerprint density at radius 3 is 3.00 bits per heavy atom. The maximum Gasteiger partial charge on any atom is 0.199 e. The van der Waals surface area contributed by atoms with Crippen LogP contribution in [-0.4, -0.2) is 39.1 Å². The maximum absolute atomic E-state index is 14.6. The van der Waals surface area contributed by atoms with Gasteiger partial charge in [0.1, 0.15) is 18.3 Å². The molecule has 33 heavy (non-hydrogen) atoms. The highest BCUT2D eigenvalue weighted by molar-refractivity contribution is 9.10. The molecule has 1 aromatic carbocycles. The number of benzene rings is 1. The third-order valence-electron chi connectivity index (χ3n) is 5.58. The minimum atomic E-state index is -1.12. The highest BCUT2D eigenvalue weighted by atomic mass is 79.9. The van der Waals surface area contributed by atoms with Gasteiger partial charge in [0.2, 0.25) is 0 Å². The lowest BCUT2D eigenvalue weighted by Gasteiger charge is -2.17. The van der Waals surface area contributed by atoms with E-state index < -0.39 is 23.9 Å². The molecule has 0 bridgehead atoms. The van der Waals surface area contributed by atoms with Gasteiger partial charge >= 0.3 is 0 Å². The second kappa shape index (κ2) is 10.7. The van der Waals surface area contributed by atoms with Gasteiger partial charge in [-0.25, -0.2) is 14.4 Å². The van der Waals surface area contributed by atoms with E-state index in [1.165, 1.54) is 29.4 Å². The lowest BCUT2D eigenvalue weighted by Crippen LogP contribution is -2.27. The average Bonchev–Trinajstić information content (AvgIpc) is 3.34. The lowest BCUT2D eigenvalue weighted by atomic mass is 10.1. The van der Waals surface area contributed by atoms with Crippen LogP contribution in [0.25, 0.3) is 0 Å². The second-order valence-corrected chi connectivity index (χ2v) is 9.25. The lowest BCUT2D eigenvalue weighted by molar-refractivity contribution is 0.103. The Bertz CT molecular complexity index is 1130. The fraction of sp³-hybridized carbons (Fsp3) is 0.318. The van der Waals surface area contributed by atoms with Gasteiger partial charge in [0.05, 0.1) is 30.4 Å². The van der Waals surface area contributed by atoms with E-state index in [2.05, 4.69) is 31.2 Å². The highest BCUT2D eigenvalue weighted by Crippen LogP contribution is 2.32. The Balaban J connectivity index is 1.51. The van der Waals surface area contributed by atoms with Crippen LogP contribution >= 0.6 is 28.2 Å². The zero-order valence-electron chi connectivity index (χ0n) is 17.5. The summed E-state index contributed by atoms with van der Waals surface area (Å²) in [6, 6.07) is 8.15. The number of hydrogen-bond acceptors (Lipinski definition) is 7. The van der Waals surface area contributed by atoms with Gasteiger partial charge in [-0.3, -0.25) is 9.93 Å². The summed E-state index contributed by atoms with van der Waals surface area (Å²) in [7, 11) is 0. The van der Waals surface area contributed by atoms with Crippen molar-refractivity contribution in [3.8, 4) is 0 Å². The van der Waals surface area contributed by atoms with Gasteiger partial charge in [-0.05, 0) is 36.5 Å². The summed E-state index contributed by atoms with van der Waals surface area (Å²) < 4.78 is 36.5. The van der Waals surface area contributed by atoms with E-state index in [4.69, 9.17) is 9.32 Å². The summed E-state index contributed by atoms with van der Waals surface area (Å²) in [6.45, 7) is 0.616. The molecule has 3 atom stereocenters. The van der Waals surface area contributed by atoms with Crippen LogP contribution in [0.2, 0.25) is 0 Å². The molecule has 3 unspecified atom stereocenters. The zero-order valence-corrected chi connectivity index (χ0v) is 19.9. The Labute approximate surface area is 202 Å². The first kappa shape index (κ1) is 23.8. The van der Waals surface area contributed by atoms with Crippen LogP contribution in [0.15, 0.2) is 53.5 Å². The zero-order chi connectivity index (χ0) is 23.4. The van der Waals surface area contributed by atoms with E-state index in [0.717, 1.165) is 22.3 Å². The summed E-state index contributed by atoms with van der Waals surface area (Å²) >= 11 is 4.16. The minimum Gasteiger partial charge on any atom is -0.364 e. The van der Waals surface area contributed by atoms with Gasteiger partial charge < -0.3 is 14.1 Å². The highest BCUT2D eigenvalue weighted by Gasteiger charge is 2.35. The minimum absolute atomic E-state index is 0.00990. The van der Waals surface area contributed by atoms with Crippen molar-refractivity contribution in [2.45, 2.75) is 31.6 Å². The normalized spacial score (nSPS) is 20.2. The molecular weight excluding hydrogens is 516 g/mol. The Morgan fingerprint density at radius 1 is 1.36 bits per heavy atom. The first-order valence-electron chi connectivity index (χ1n) is 10.3. The first-order chi connectivity index (χ1) is 15.9. The van der Waals surface area contributed by atoms with Gasteiger partial charge in [0, 0.05) is 35.0 Å². The fourth-order valence-corrected chi connectivity index (χ4v) is 4.72. The first-order valence-corrected chi connectivity index (χ1v) is 11.9. The van der Waals surface area contributed by atoms with Crippen LogP contribution in [0.3, 0.4) is 0 Å². The van der Waals surface area contributed by atoms with Crippen LogP contribution in [0.4, 0.5) is 14.6 Å². The molecule has 0 spiro atoms. The van der Waals surface area contributed by atoms with Crippen molar-refractivity contribution in [2.24, 2.45) is 11.1 Å². The molecule has 7 nitrogen and oxygen atoms in total. The molecule has 1 saturated carbocycles. The van der Waals surface area contributed by atoms with E-state index in [0.29, 0.717) is 19.4 Å². The van der Waals surface area contributed by atoms with Gasteiger partial charge in [-0.15, -0.1) is 0 Å². The van der Waals surface area contributed by atoms with Gasteiger partial charge in [-0.2, -0.15) is 4.39 Å².